The summed E-state index contributed by atoms with van der Waals surface area (Å²) in [6.07, 6.45) is 4.65. The van der Waals surface area contributed by atoms with Crippen molar-refractivity contribution < 1.29 is 28.3 Å². The van der Waals surface area contributed by atoms with E-state index in [-0.39, 0.29) is 30.4 Å². The van der Waals surface area contributed by atoms with Gasteiger partial charge in [0.2, 0.25) is 0 Å². The summed E-state index contributed by atoms with van der Waals surface area (Å²) in [5, 5.41) is 0. The molecule has 1 aliphatic heterocycles. The Hall–Kier alpha value is -3.13. The van der Waals surface area contributed by atoms with E-state index in [4.69, 9.17) is 13.9 Å². The summed E-state index contributed by atoms with van der Waals surface area (Å²) in [5.74, 6) is 0.761. The van der Waals surface area contributed by atoms with E-state index in [1.807, 2.05) is 65.6 Å². The van der Waals surface area contributed by atoms with Gasteiger partial charge in [-0.15, -0.1) is 0 Å². The Labute approximate surface area is 220 Å². The van der Waals surface area contributed by atoms with Crippen molar-refractivity contribution in [1.82, 2.24) is 9.80 Å². The van der Waals surface area contributed by atoms with Crippen LogP contribution in [0, 0.1) is 12.8 Å². The van der Waals surface area contributed by atoms with Gasteiger partial charge >= 0.3 is 12.1 Å². The second-order valence-electron chi connectivity index (χ2n) is 10.8. The van der Waals surface area contributed by atoms with Gasteiger partial charge in [-0.05, 0) is 67.0 Å². The number of fused-ring (bicyclic) bond motifs is 1. The molecule has 202 valence electrons. The van der Waals surface area contributed by atoms with E-state index in [9.17, 15) is 14.4 Å². The number of piperidine rings is 1. The van der Waals surface area contributed by atoms with Gasteiger partial charge in [0.15, 0.2) is 5.78 Å². The number of hydrogen-bond donors (Lipinski definition) is 0. The summed E-state index contributed by atoms with van der Waals surface area (Å²) in [4.78, 5) is 41.3. The smallest absolute Gasteiger partial charge is 0.410 e. The van der Waals surface area contributed by atoms with Gasteiger partial charge in [-0.2, -0.15) is 0 Å². The molecule has 0 radical (unpaired) electrons. The lowest BCUT2D eigenvalue weighted by Gasteiger charge is -2.32. The molecule has 2 aliphatic rings. The molecule has 1 aliphatic carbocycles. The molecular formula is C29H40N2O6. The molecule has 0 unspecified atom stereocenters. The third-order valence-electron chi connectivity index (χ3n) is 6.79. The van der Waals surface area contributed by atoms with E-state index >= 15 is 0 Å². The predicted octanol–water partition coefficient (Wildman–Crippen LogP) is 5.31. The molecule has 1 aromatic heterocycles. The van der Waals surface area contributed by atoms with Crippen LogP contribution in [-0.4, -0.2) is 66.5 Å². The van der Waals surface area contributed by atoms with Crippen molar-refractivity contribution in [2.24, 2.45) is 5.92 Å². The Morgan fingerprint density at radius 3 is 2.46 bits per heavy atom. The fraction of sp³-hybridized carbons (Fsp3) is 0.552. The molecule has 0 aromatic carbocycles. The van der Waals surface area contributed by atoms with Crippen LogP contribution in [0.2, 0.25) is 0 Å². The Morgan fingerprint density at radius 2 is 1.86 bits per heavy atom. The maximum Gasteiger partial charge on any atom is 0.410 e. The molecule has 3 rings (SSSR count). The zero-order valence-electron chi connectivity index (χ0n) is 23.2. The number of hydrogen-bond acceptors (Lipinski definition) is 7. The van der Waals surface area contributed by atoms with Crippen LogP contribution in [0.4, 0.5) is 4.79 Å². The zero-order valence-corrected chi connectivity index (χ0v) is 23.2. The molecule has 1 saturated heterocycles. The maximum atomic E-state index is 12.9. The Morgan fingerprint density at radius 1 is 1.22 bits per heavy atom. The van der Waals surface area contributed by atoms with Crippen molar-refractivity contribution in [2.75, 3.05) is 33.3 Å². The Balaban J connectivity index is 1.51. The van der Waals surface area contributed by atoms with E-state index in [0.717, 1.165) is 16.7 Å². The van der Waals surface area contributed by atoms with Crippen molar-refractivity contribution >= 4 is 23.4 Å². The van der Waals surface area contributed by atoms with Crippen molar-refractivity contribution in [3.63, 3.8) is 0 Å². The molecule has 0 atom stereocenters. The number of allylic oxidation sites excluding steroid dienone is 5. The predicted molar refractivity (Wildman–Crippen MR) is 142 cm³/mol. The summed E-state index contributed by atoms with van der Waals surface area (Å²) < 4.78 is 17.1. The number of carbonyl (C=O) groups is 3. The van der Waals surface area contributed by atoms with E-state index in [2.05, 4.69) is 6.58 Å². The molecule has 1 fully saturated rings. The molecule has 0 saturated carbocycles. The van der Waals surface area contributed by atoms with Crippen molar-refractivity contribution in [1.29, 1.82) is 0 Å². The molecule has 1 amide bonds. The van der Waals surface area contributed by atoms with Crippen molar-refractivity contribution in [3.8, 4) is 0 Å². The van der Waals surface area contributed by atoms with Crippen LogP contribution >= 0.6 is 0 Å². The number of likely N-dealkylation sites (N-methyl/N-ethyl adjacent to an activating group) is 1. The molecule has 37 heavy (non-hydrogen) atoms. The molecule has 1 aromatic rings. The zero-order chi connectivity index (χ0) is 27.5. The highest BCUT2D eigenvalue weighted by Crippen LogP contribution is 2.39. The molecule has 0 spiro atoms. The van der Waals surface area contributed by atoms with Crippen LogP contribution in [0.15, 0.2) is 34.3 Å². The topological polar surface area (TPSA) is 89.3 Å². The number of Topliss-reactive ketones (excluding diaryl/α,β-unsaturated/α-hetero) is 1. The molecule has 8 heteroatoms. The summed E-state index contributed by atoms with van der Waals surface area (Å²) in [6.45, 7) is 17.4. The highest BCUT2D eigenvalue weighted by molar-refractivity contribution is 6.18. The summed E-state index contributed by atoms with van der Waals surface area (Å²) in [6, 6.07) is 0. The largest absolute Gasteiger partial charge is 0.464 e. The quantitative estimate of drug-likeness (QED) is 0.361. The first-order valence-electron chi connectivity index (χ1n) is 12.9. The van der Waals surface area contributed by atoms with Gasteiger partial charge in [0, 0.05) is 36.3 Å². The number of nitrogens with zero attached hydrogens (tertiary/aromatic N) is 2. The highest BCUT2D eigenvalue weighted by Gasteiger charge is 2.33. The lowest BCUT2D eigenvalue weighted by Crippen LogP contribution is -2.43. The fourth-order valence-electron chi connectivity index (χ4n) is 4.56. The van der Waals surface area contributed by atoms with Gasteiger partial charge in [0.25, 0.3) is 0 Å². The minimum absolute atomic E-state index is 0.0949. The maximum absolute atomic E-state index is 12.9. The number of likely N-dealkylation sites (tertiary alicyclic amines) is 1. The minimum Gasteiger partial charge on any atom is -0.464 e. The number of ketones is 1. The van der Waals surface area contributed by atoms with Gasteiger partial charge in [-0.25, -0.2) is 4.79 Å². The molecular weight excluding hydrogens is 472 g/mol. The fourth-order valence-corrected chi connectivity index (χ4v) is 4.56. The average Bonchev–Trinajstić information content (AvgIpc) is 3.14. The Bertz CT molecular complexity index is 1130. The van der Waals surface area contributed by atoms with Crippen LogP contribution < -0.4 is 0 Å². The monoisotopic (exact) mass is 512 g/mol. The first-order chi connectivity index (χ1) is 17.3. The Kier molecular flexibility index (Phi) is 8.84. The van der Waals surface area contributed by atoms with E-state index in [1.165, 1.54) is 0 Å². The summed E-state index contributed by atoms with van der Waals surface area (Å²) in [5.41, 5.74) is 3.06. The van der Waals surface area contributed by atoms with Gasteiger partial charge in [-0.3, -0.25) is 14.5 Å². The van der Waals surface area contributed by atoms with Gasteiger partial charge in [0.1, 0.15) is 23.7 Å². The van der Waals surface area contributed by atoms with Crippen LogP contribution in [0.25, 0.3) is 5.57 Å². The van der Waals surface area contributed by atoms with E-state index < -0.39 is 5.60 Å². The van der Waals surface area contributed by atoms with E-state index in [1.54, 1.807) is 4.90 Å². The molecule has 0 N–H and O–H groups in total. The molecule has 0 bridgehead atoms. The van der Waals surface area contributed by atoms with Crippen LogP contribution in [0.5, 0.6) is 0 Å². The third kappa shape index (κ3) is 6.60. The minimum atomic E-state index is -0.541. The first kappa shape index (κ1) is 28.4. The number of ether oxygens (including phenoxy) is 2. The number of carbonyl (C=O) groups excluding carboxylic acids is 3. The van der Waals surface area contributed by atoms with Crippen LogP contribution in [0.3, 0.4) is 0 Å². The van der Waals surface area contributed by atoms with Crippen molar-refractivity contribution in [3.05, 3.63) is 52.5 Å². The number of esters is 1. The van der Waals surface area contributed by atoms with Crippen molar-refractivity contribution in [2.45, 2.75) is 66.5 Å². The summed E-state index contributed by atoms with van der Waals surface area (Å²) in [7, 11) is 1.92. The second kappa shape index (κ2) is 11.5. The van der Waals surface area contributed by atoms with E-state index in [0.29, 0.717) is 61.7 Å². The number of rotatable bonds is 7. The van der Waals surface area contributed by atoms with Gasteiger partial charge < -0.3 is 18.8 Å². The van der Waals surface area contributed by atoms with Crippen LogP contribution in [0.1, 0.15) is 74.9 Å². The second-order valence-corrected chi connectivity index (χ2v) is 10.8. The first-order valence-corrected chi connectivity index (χ1v) is 12.9. The number of furan rings is 1. The van der Waals surface area contributed by atoms with Gasteiger partial charge in [0.05, 0.1) is 18.0 Å². The normalized spacial score (nSPS) is 17.1. The number of amides is 1. The van der Waals surface area contributed by atoms with Gasteiger partial charge in [-0.1, -0.05) is 18.7 Å². The SMILES string of the molecule is C=C1C(=O)c2c(oc(CN(C)CCOC(=O)C3CCN(C(=O)OC(C)(C)C)CC3)c2C)C(C=CC)=C1C. The average molecular weight is 513 g/mol. The lowest BCUT2D eigenvalue weighted by molar-refractivity contribution is -0.150. The molecule has 8 nitrogen and oxygen atoms in total. The standard InChI is InChI=1S/C29H40N2O6/c1-9-10-22-18(2)19(3)25(32)24-20(4)23(36-26(22)24)17-30(8)15-16-35-27(33)21-11-13-31(14-12-21)28(34)37-29(5,6)7/h9-10,21H,3,11-17H2,1-2,4-8H3. The lowest BCUT2D eigenvalue weighted by atomic mass is 9.85. The third-order valence-corrected chi connectivity index (χ3v) is 6.79. The molecule has 2 heterocycles. The summed E-state index contributed by atoms with van der Waals surface area (Å²) >= 11 is 0. The van der Waals surface area contributed by atoms with Crippen LogP contribution in [-0.2, 0) is 20.8 Å². The highest BCUT2D eigenvalue weighted by atomic mass is 16.6.